The number of carbonyl (C=O) groups is 2. The van der Waals surface area contributed by atoms with Gasteiger partial charge in [0.2, 0.25) is 11.8 Å². The monoisotopic (exact) mass is 242 g/mol. The second-order valence-electron chi connectivity index (χ2n) is 4.74. The van der Waals surface area contributed by atoms with Crippen LogP contribution in [-0.2, 0) is 14.3 Å². The highest BCUT2D eigenvalue weighted by Crippen LogP contribution is 2.24. The fraction of sp³-hybridized carbons (Fsp3) is 0.818. The van der Waals surface area contributed by atoms with Crippen molar-refractivity contribution in [2.75, 3.05) is 13.2 Å². The van der Waals surface area contributed by atoms with Gasteiger partial charge in [-0.15, -0.1) is 0 Å². The summed E-state index contributed by atoms with van der Waals surface area (Å²) < 4.78 is 5.27. The molecule has 6 heteroatoms. The summed E-state index contributed by atoms with van der Waals surface area (Å²) in [4.78, 5) is 22.7. The van der Waals surface area contributed by atoms with Crippen LogP contribution in [0.5, 0.6) is 0 Å². The average Bonchev–Trinajstić information content (AvgIpc) is 2.84. The van der Waals surface area contributed by atoms with Crippen molar-refractivity contribution in [3.8, 4) is 0 Å². The van der Waals surface area contributed by atoms with Crippen molar-refractivity contribution in [1.82, 2.24) is 10.6 Å². The summed E-state index contributed by atoms with van der Waals surface area (Å²) in [6, 6.07) is -0.455. The summed E-state index contributed by atoms with van der Waals surface area (Å²) in [5, 5.41) is 15.4. The first kappa shape index (κ1) is 12.3. The van der Waals surface area contributed by atoms with Gasteiger partial charge in [0.05, 0.1) is 6.10 Å². The van der Waals surface area contributed by atoms with Crippen molar-refractivity contribution in [2.24, 2.45) is 0 Å². The first-order chi connectivity index (χ1) is 8.01. The highest BCUT2D eigenvalue weighted by Gasteiger charge is 2.40. The normalized spacial score (nSPS) is 36.9. The number of nitrogens with one attached hydrogen (secondary N) is 2. The number of carbonyl (C=O) groups excluding carboxylic acids is 2. The molecule has 0 saturated carbocycles. The predicted molar refractivity (Wildman–Crippen MR) is 59.2 cm³/mol. The minimum Gasteiger partial charge on any atom is -0.385 e. The lowest BCUT2D eigenvalue weighted by Crippen LogP contribution is -2.51. The number of aliphatic hydroxyl groups is 1. The Kier molecular flexibility index (Phi) is 3.35. The smallest absolute Gasteiger partial charge is 0.242 e. The molecule has 0 spiro atoms. The van der Waals surface area contributed by atoms with Gasteiger partial charge >= 0.3 is 0 Å². The van der Waals surface area contributed by atoms with E-state index in [1.54, 1.807) is 6.92 Å². The summed E-state index contributed by atoms with van der Waals surface area (Å²) in [6.45, 7) is 2.46. The molecule has 6 nitrogen and oxygen atoms in total. The van der Waals surface area contributed by atoms with Crippen molar-refractivity contribution in [3.05, 3.63) is 0 Å². The Bertz CT molecular complexity index is 333. The van der Waals surface area contributed by atoms with Crippen LogP contribution in [0.3, 0.4) is 0 Å². The Morgan fingerprint density at radius 2 is 2.47 bits per heavy atom. The number of hydrogen-bond acceptors (Lipinski definition) is 4. The lowest BCUT2D eigenvalue weighted by atomic mass is 9.96. The first-order valence-corrected chi connectivity index (χ1v) is 5.92. The van der Waals surface area contributed by atoms with E-state index in [4.69, 9.17) is 4.74 Å². The van der Waals surface area contributed by atoms with Gasteiger partial charge in [-0.05, 0) is 13.3 Å². The zero-order valence-electron chi connectivity index (χ0n) is 9.86. The molecule has 0 radical (unpaired) electrons. The molecular formula is C11H18N2O4. The van der Waals surface area contributed by atoms with Gasteiger partial charge in [-0.1, -0.05) is 0 Å². The van der Waals surface area contributed by atoms with Crippen LogP contribution in [0.15, 0.2) is 0 Å². The van der Waals surface area contributed by atoms with Crippen molar-refractivity contribution >= 4 is 11.8 Å². The Labute approximate surface area is 99.7 Å². The molecule has 0 aliphatic carbocycles. The quantitative estimate of drug-likeness (QED) is 0.587. The fourth-order valence-electron chi connectivity index (χ4n) is 2.18. The van der Waals surface area contributed by atoms with Gasteiger partial charge in [0.25, 0.3) is 0 Å². The van der Waals surface area contributed by atoms with Crippen LogP contribution in [0, 0.1) is 0 Å². The Hall–Kier alpha value is -1.14. The third-order valence-corrected chi connectivity index (χ3v) is 3.54. The number of hydrogen-bond donors (Lipinski definition) is 3. The molecule has 96 valence electrons. The Balaban J connectivity index is 1.82. The first-order valence-electron chi connectivity index (χ1n) is 5.92. The second kappa shape index (κ2) is 4.62. The predicted octanol–water partition coefficient (Wildman–Crippen LogP) is -1.08. The Morgan fingerprint density at radius 1 is 1.71 bits per heavy atom. The highest BCUT2D eigenvalue weighted by molar-refractivity contribution is 5.90. The molecule has 2 fully saturated rings. The molecule has 2 unspecified atom stereocenters. The van der Waals surface area contributed by atoms with Crippen LogP contribution in [0.4, 0.5) is 0 Å². The van der Waals surface area contributed by atoms with Crippen LogP contribution in [0.2, 0.25) is 0 Å². The van der Waals surface area contributed by atoms with Gasteiger partial charge < -0.3 is 20.5 Å². The van der Waals surface area contributed by atoms with Crippen molar-refractivity contribution in [1.29, 1.82) is 0 Å². The third kappa shape index (κ3) is 2.58. The van der Waals surface area contributed by atoms with Crippen LogP contribution >= 0.6 is 0 Å². The summed E-state index contributed by atoms with van der Waals surface area (Å²) in [7, 11) is 0. The van der Waals surface area contributed by atoms with Crippen LogP contribution < -0.4 is 10.6 Å². The molecule has 0 aromatic heterocycles. The maximum atomic E-state index is 11.7. The van der Waals surface area contributed by atoms with E-state index < -0.39 is 11.6 Å². The molecule has 0 bridgehead atoms. The van der Waals surface area contributed by atoms with E-state index in [1.807, 2.05) is 0 Å². The van der Waals surface area contributed by atoms with Crippen molar-refractivity contribution in [3.63, 3.8) is 0 Å². The lowest BCUT2D eigenvalue weighted by molar-refractivity contribution is -0.127. The topological polar surface area (TPSA) is 87.7 Å². The van der Waals surface area contributed by atoms with Gasteiger partial charge in [-0.2, -0.15) is 0 Å². The molecule has 2 aliphatic heterocycles. The van der Waals surface area contributed by atoms with Crippen LogP contribution in [0.1, 0.15) is 26.2 Å². The van der Waals surface area contributed by atoms with E-state index in [1.165, 1.54) is 0 Å². The van der Waals surface area contributed by atoms with E-state index in [0.29, 0.717) is 25.9 Å². The van der Waals surface area contributed by atoms with Crippen molar-refractivity contribution in [2.45, 2.75) is 43.9 Å². The molecule has 2 amide bonds. The van der Waals surface area contributed by atoms with Gasteiger partial charge in [-0.25, -0.2) is 0 Å². The molecule has 0 aromatic carbocycles. The molecule has 3 N–H and O–H groups in total. The molecule has 3 atom stereocenters. The summed E-state index contributed by atoms with van der Waals surface area (Å²) in [6.07, 6.45) is 1.16. The largest absolute Gasteiger partial charge is 0.385 e. The molecule has 2 saturated heterocycles. The maximum absolute atomic E-state index is 11.7. The standard InChI is InChI=1S/C11H18N2O4/c1-7-11(16,4-5-17-7)6-12-10(15)8-2-3-9(14)13-8/h7-8,16H,2-6H2,1H3,(H,12,15)(H,13,14)/t7?,8-,11?/m1/s1. The van der Waals surface area contributed by atoms with E-state index in [9.17, 15) is 14.7 Å². The summed E-state index contributed by atoms with van der Waals surface area (Å²) >= 11 is 0. The van der Waals surface area contributed by atoms with E-state index >= 15 is 0 Å². The number of rotatable bonds is 3. The number of ether oxygens (including phenoxy) is 1. The van der Waals surface area contributed by atoms with Gasteiger partial charge in [0, 0.05) is 26.0 Å². The third-order valence-electron chi connectivity index (χ3n) is 3.54. The van der Waals surface area contributed by atoms with Gasteiger partial charge in [0.15, 0.2) is 0 Å². The van der Waals surface area contributed by atoms with Gasteiger partial charge in [0.1, 0.15) is 11.6 Å². The maximum Gasteiger partial charge on any atom is 0.242 e. The summed E-state index contributed by atoms with van der Waals surface area (Å²) in [5.41, 5.74) is -0.988. The SMILES string of the molecule is CC1OCCC1(O)CNC(=O)[C@H]1CCC(=O)N1. The molecule has 2 heterocycles. The molecule has 2 rings (SSSR count). The van der Waals surface area contributed by atoms with Crippen LogP contribution in [-0.4, -0.2) is 47.8 Å². The lowest BCUT2D eigenvalue weighted by Gasteiger charge is -2.26. The van der Waals surface area contributed by atoms with Crippen LogP contribution in [0.25, 0.3) is 0 Å². The number of amides is 2. The zero-order valence-corrected chi connectivity index (χ0v) is 9.86. The van der Waals surface area contributed by atoms with E-state index in [2.05, 4.69) is 10.6 Å². The zero-order chi connectivity index (χ0) is 12.5. The highest BCUT2D eigenvalue weighted by atomic mass is 16.5. The fourth-order valence-corrected chi connectivity index (χ4v) is 2.18. The second-order valence-corrected chi connectivity index (χ2v) is 4.74. The van der Waals surface area contributed by atoms with Gasteiger partial charge in [-0.3, -0.25) is 9.59 Å². The molecule has 2 aliphatic rings. The Morgan fingerprint density at radius 3 is 3.00 bits per heavy atom. The molecular weight excluding hydrogens is 224 g/mol. The minimum absolute atomic E-state index is 0.0959. The molecule has 17 heavy (non-hydrogen) atoms. The van der Waals surface area contributed by atoms with E-state index in [-0.39, 0.29) is 24.5 Å². The van der Waals surface area contributed by atoms with E-state index in [0.717, 1.165) is 0 Å². The summed E-state index contributed by atoms with van der Waals surface area (Å²) in [5.74, 6) is -0.329. The average molecular weight is 242 g/mol. The molecule has 0 aromatic rings. The van der Waals surface area contributed by atoms with Crippen molar-refractivity contribution < 1.29 is 19.4 Å². The minimum atomic E-state index is -0.988.